The lowest BCUT2D eigenvalue weighted by Gasteiger charge is -2.19. The molecule has 104 valence electrons. The van der Waals surface area contributed by atoms with Gasteiger partial charge in [-0.1, -0.05) is 17.7 Å². The van der Waals surface area contributed by atoms with Gasteiger partial charge in [0.25, 0.3) is 5.91 Å². The summed E-state index contributed by atoms with van der Waals surface area (Å²) >= 11 is 0. The Balaban J connectivity index is 2.91. The predicted octanol–water partition coefficient (Wildman–Crippen LogP) is 1.83. The fraction of sp³-hybridized carbons (Fsp3) is 0.333. The topological polar surface area (TPSA) is 55.4 Å². The summed E-state index contributed by atoms with van der Waals surface area (Å²) in [6, 6.07) is 3.32. The molecule has 1 amide bonds. The van der Waals surface area contributed by atoms with Crippen LogP contribution < -0.4 is 5.32 Å². The number of hydrogen-bond donors (Lipinski definition) is 1. The summed E-state index contributed by atoms with van der Waals surface area (Å²) in [5.41, 5.74) is 0.757. The SMILES string of the molecule is COC(=O)C(NC(=O)c1cccc(C)c1)C(F)(F)F. The van der Waals surface area contributed by atoms with Crippen LogP contribution in [0.25, 0.3) is 0 Å². The molecule has 0 aromatic heterocycles. The Kier molecular flexibility index (Phi) is 4.52. The largest absolute Gasteiger partial charge is 0.467 e. The van der Waals surface area contributed by atoms with Gasteiger partial charge >= 0.3 is 12.1 Å². The second-order valence-electron chi connectivity index (χ2n) is 3.84. The van der Waals surface area contributed by atoms with Crippen LogP contribution in [-0.2, 0) is 9.53 Å². The first kappa shape index (κ1) is 15.0. The van der Waals surface area contributed by atoms with Gasteiger partial charge in [-0.2, -0.15) is 13.2 Å². The molecule has 4 nitrogen and oxygen atoms in total. The fourth-order valence-corrected chi connectivity index (χ4v) is 1.39. The van der Waals surface area contributed by atoms with Crippen molar-refractivity contribution in [2.24, 2.45) is 0 Å². The van der Waals surface area contributed by atoms with Crippen LogP contribution in [0.15, 0.2) is 24.3 Å². The normalized spacial score (nSPS) is 12.7. The van der Waals surface area contributed by atoms with Crippen molar-refractivity contribution < 1.29 is 27.5 Å². The minimum absolute atomic E-state index is 0.0400. The van der Waals surface area contributed by atoms with E-state index in [1.165, 1.54) is 18.2 Å². The first-order valence-electron chi connectivity index (χ1n) is 5.27. The highest BCUT2D eigenvalue weighted by Crippen LogP contribution is 2.21. The second kappa shape index (κ2) is 5.73. The summed E-state index contributed by atoms with van der Waals surface area (Å²) in [6.45, 7) is 1.69. The molecular formula is C12H12F3NO3. The number of benzene rings is 1. The van der Waals surface area contributed by atoms with E-state index in [4.69, 9.17) is 0 Å². The maximum absolute atomic E-state index is 12.6. The summed E-state index contributed by atoms with van der Waals surface area (Å²) in [6.07, 6.45) is -4.91. The third-order valence-corrected chi connectivity index (χ3v) is 2.32. The number of halogens is 3. The van der Waals surface area contributed by atoms with Gasteiger partial charge in [0.1, 0.15) is 0 Å². The summed E-state index contributed by atoms with van der Waals surface area (Å²) < 4.78 is 41.8. The smallest absolute Gasteiger partial charge is 0.419 e. The average Bonchev–Trinajstić information content (AvgIpc) is 2.33. The molecule has 1 unspecified atom stereocenters. The molecular weight excluding hydrogens is 263 g/mol. The maximum Gasteiger partial charge on any atom is 0.419 e. The van der Waals surface area contributed by atoms with Crippen LogP contribution in [0.2, 0.25) is 0 Å². The molecule has 0 saturated carbocycles. The highest BCUT2D eigenvalue weighted by Gasteiger charge is 2.47. The standard InChI is InChI=1S/C12H12F3NO3/c1-7-4-3-5-8(6-7)10(17)16-9(11(18)19-2)12(13,14)15/h3-6,9H,1-2H3,(H,16,17). The molecule has 0 spiro atoms. The van der Waals surface area contributed by atoms with Gasteiger partial charge in [-0.3, -0.25) is 4.79 Å². The van der Waals surface area contributed by atoms with Gasteiger partial charge in [-0.15, -0.1) is 0 Å². The average molecular weight is 275 g/mol. The number of carbonyl (C=O) groups is 2. The second-order valence-corrected chi connectivity index (χ2v) is 3.84. The molecule has 0 aliphatic heterocycles. The third kappa shape index (κ3) is 3.97. The van der Waals surface area contributed by atoms with Gasteiger partial charge in [0.2, 0.25) is 6.04 Å². The van der Waals surface area contributed by atoms with Gasteiger partial charge in [0.15, 0.2) is 0 Å². The highest BCUT2D eigenvalue weighted by molar-refractivity contribution is 5.97. The van der Waals surface area contributed by atoms with Crippen LogP contribution in [0.4, 0.5) is 13.2 Å². The lowest BCUT2D eigenvalue weighted by atomic mass is 10.1. The van der Waals surface area contributed by atoms with Crippen molar-refractivity contribution in [3.05, 3.63) is 35.4 Å². The number of ether oxygens (including phenoxy) is 1. The number of hydrogen-bond acceptors (Lipinski definition) is 3. The van der Waals surface area contributed by atoms with Crippen LogP contribution in [0.3, 0.4) is 0 Å². The predicted molar refractivity (Wildman–Crippen MR) is 60.5 cm³/mol. The Bertz CT molecular complexity index is 485. The van der Waals surface area contributed by atoms with Crippen molar-refractivity contribution in [1.29, 1.82) is 0 Å². The minimum Gasteiger partial charge on any atom is -0.467 e. The Morgan fingerprint density at radius 2 is 1.95 bits per heavy atom. The molecule has 0 fully saturated rings. The number of carbonyl (C=O) groups excluding carboxylic acids is 2. The summed E-state index contributed by atoms with van der Waals surface area (Å²) in [4.78, 5) is 22.7. The van der Waals surface area contributed by atoms with Crippen LogP contribution in [-0.4, -0.2) is 31.2 Å². The van der Waals surface area contributed by atoms with Crippen LogP contribution in [0.5, 0.6) is 0 Å². The molecule has 0 aliphatic rings. The molecule has 0 radical (unpaired) electrons. The first-order valence-corrected chi connectivity index (χ1v) is 5.27. The van der Waals surface area contributed by atoms with Crippen molar-refractivity contribution >= 4 is 11.9 Å². The summed E-state index contributed by atoms with van der Waals surface area (Å²) in [5.74, 6) is -2.55. The van der Waals surface area contributed by atoms with E-state index in [9.17, 15) is 22.8 Å². The van der Waals surface area contributed by atoms with Crippen molar-refractivity contribution in [2.45, 2.75) is 19.1 Å². The van der Waals surface area contributed by atoms with Crippen LogP contribution in [0, 0.1) is 6.92 Å². The first-order chi connectivity index (χ1) is 8.75. The summed E-state index contributed by atoms with van der Waals surface area (Å²) in [5, 5.41) is 1.61. The summed E-state index contributed by atoms with van der Waals surface area (Å²) in [7, 11) is 0.819. The molecule has 1 aromatic carbocycles. The zero-order chi connectivity index (χ0) is 14.6. The quantitative estimate of drug-likeness (QED) is 0.856. The van der Waals surface area contributed by atoms with Crippen molar-refractivity contribution in [3.63, 3.8) is 0 Å². The molecule has 0 saturated heterocycles. The third-order valence-electron chi connectivity index (χ3n) is 2.32. The Morgan fingerprint density at radius 3 is 2.42 bits per heavy atom. The zero-order valence-corrected chi connectivity index (χ0v) is 10.2. The van der Waals surface area contributed by atoms with E-state index in [-0.39, 0.29) is 5.56 Å². The molecule has 1 aromatic rings. The number of esters is 1. The van der Waals surface area contributed by atoms with Gasteiger partial charge in [0.05, 0.1) is 7.11 Å². The van der Waals surface area contributed by atoms with Gasteiger partial charge < -0.3 is 10.1 Å². The van der Waals surface area contributed by atoms with E-state index in [2.05, 4.69) is 4.74 Å². The van der Waals surface area contributed by atoms with Gasteiger partial charge in [-0.05, 0) is 19.1 Å². The van der Waals surface area contributed by atoms with E-state index in [0.717, 1.165) is 7.11 Å². The van der Waals surface area contributed by atoms with E-state index in [0.29, 0.717) is 5.56 Å². The number of amides is 1. The van der Waals surface area contributed by atoms with E-state index < -0.39 is 24.1 Å². The molecule has 0 aliphatic carbocycles. The Hall–Kier alpha value is -2.05. The van der Waals surface area contributed by atoms with Gasteiger partial charge in [-0.25, -0.2) is 4.79 Å². The molecule has 0 heterocycles. The van der Waals surface area contributed by atoms with Gasteiger partial charge in [0, 0.05) is 5.56 Å². The van der Waals surface area contributed by atoms with E-state index in [1.54, 1.807) is 18.3 Å². The number of methoxy groups -OCH3 is 1. The number of alkyl halides is 3. The van der Waals surface area contributed by atoms with E-state index >= 15 is 0 Å². The van der Waals surface area contributed by atoms with Crippen molar-refractivity contribution in [3.8, 4) is 0 Å². The lowest BCUT2D eigenvalue weighted by molar-refractivity contribution is -0.180. The lowest BCUT2D eigenvalue weighted by Crippen LogP contribution is -2.51. The fourth-order valence-electron chi connectivity index (χ4n) is 1.39. The zero-order valence-electron chi connectivity index (χ0n) is 10.2. The van der Waals surface area contributed by atoms with Crippen LogP contribution >= 0.6 is 0 Å². The highest BCUT2D eigenvalue weighted by atomic mass is 19.4. The molecule has 0 bridgehead atoms. The number of rotatable bonds is 3. The molecule has 7 heteroatoms. The molecule has 1 rings (SSSR count). The molecule has 19 heavy (non-hydrogen) atoms. The van der Waals surface area contributed by atoms with Crippen molar-refractivity contribution in [2.75, 3.05) is 7.11 Å². The molecule has 1 N–H and O–H groups in total. The number of nitrogens with one attached hydrogen (secondary N) is 1. The van der Waals surface area contributed by atoms with Crippen LogP contribution in [0.1, 0.15) is 15.9 Å². The monoisotopic (exact) mass is 275 g/mol. The Labute approximate surface area is 107 Å². The van der Waals surface area contributed by atoms with E-state index in [1.807, 2.05) is 0 Å². The molecule has 1 atom stereocenters. The maximum atomic E-state index is 12.6. The van der Waals surface area contributed by atoms with Crippen molar-refractivity contribution in [1.82, 2.24) is 5.32 Å². The minimum atomic E-state index is -4.91. The Morgan fingerprint density at radius 1 is 1.32 bits per heavy atom. The number of aryl methyl sites for hydroxylation is 1.